The molecule has 0 spiro atoms. The molecule has 1 heterocycles. The Labute approximate surface area is 219 Å². The van der Waals surface area contributed by atoms with Crippen LogP contribution in [0.4, 0.5) is 0 Å². The zero-order valence-corrected chi connectivity index (χ0v) is 22.2. The number of rotatable bonds is 8. The molecule has 1 N–H and O–H groups in total. The van der Waals surface area contributed by atoms with E-state index in [9.17, 15) is 14.7 Å². The van der Waals surface area contributed by atoms with Gasteiger partial charge in [-0.05, 0) is 68.5 Å². The number of halogens is 1. The van der Waals surface area contributed by atoms with E-state index in [0.717, 1.165) is 15.6 Å². The molecule has 0 aliphatic carbocycles. The van der Waals surface area contributed by atoms with Gasteiger partial charge >= 0.3 is 0 Å². The number of hydrogen-bond acceptors (Lipinski definition) is 5. The lowest BCUT2D eigenvalue weighted by Gasteiger charge is -2.26. The van der Waals surface area contributed by atoms with Gasteiger partial charge in [0.25, 0.3) is 11.7 Å². The van der Waals surface area contributed by atoms with Gasteiger partial charge in [0.05, 0.1) is 11.6 Å². The second-order valence-electron chi connectivity index (χ2n) is 9.15. The van der Waals surface area contributed by atoms with E-state index in [1.165, 1.54) is 10.5 Å². The minimum Gasteiger partial charge on any atom is -0.507 e. The maximum absolute atomic E-state index is 13.1. The summed E-state index contributed by atoms with van der Waals surface area (Å²) in [5.41, 5.74) is 3.52. The van der Waals surface area contributed by atoms with Gasteiger partial charge in [0.15, 0.2) is 0 Å². The second-order valence-corrected chi connectivity index (χ2v) is 10.1. The molecule has 0 saturated carbocycles. The number of ketones is 1. The predicted molar refractivity (Wildman–Crippen MR) is 144 cm³/mol. The van der Waals surface area contributed by atoms with Crippen molar-refractivity contribution in [3.8, 4) is 5.75 Å². The lowest BCUT2D eigenvalue weighted by Crippen LogP contribution is -2.35. The Balaban J connectivity index is 1.64. The van der Waals surface area contributed by atoms with Crippen molar-refractivity contribution in [1.29, 1.82) is 0 Å². The molecular weight excluding hydrogens is 520 g/mol. The van der Waals surface area contributed by atoms with Crippen LogP contribution in [0.1, 0.15) is 28.3 Å². The molecule has 186 valence electrons. The lowest BCUT2D eigenvalue weighted by atomic mass is 9.95. The van der Waals surface area contributed by atoms with Gasteiger partial charge in [-0.3, -0.25) is 9.59 Å². The van der Waals surface area contributed by atoms with Crippen molar-refractivity contribution in [2.45, 2.75) is 19.6 Å². The third-order valence-electron chi connectivity index (χ3n) is 6.11. The summed E-state index contributed by atoms with van der Waals surface area (Å²) in [6, 6.07) is 21.8. The van der Waals surface area contributed by atoms with Crippen molar-refractivity contribution < 1.29 is 19.4 Å². The van der Waals surface area contributed by atoms with Gasteiger partial charge in [0.2, 0.25) is 0 Å². The molecule has 1 aliphatic rings. The molecular formula is C29H29BrN2O4. The monoisotopic (exact) mass is 548 g/mol. The van der Waals surface area contributed by atoms with Crippen molar-refractivity contribution in [2.24, 2.45) is 0 Å². The van der Waals surface area contributed by atoms with Gasteiger partial charge in [0, 0.05) is 23.1 Å². The first kappa shape index (κ1) is 25.7. The zero-order chi connectivity index (χ0) is 25.8. The predicted octanol–water partition coefficient (Wildman–Crippen LogP) is 5.32. The molecule has 7 heteroatoms. The van der Waals surface area contributed by atoms with Crippen LogP contribution in [0.15, 0.2) is 82.8 Å². The number of benzene rings is 3. The van der Waals surface area contributed by atoms with Crippen molar-refractivity contribution in [2.75, 3.05) is 27.2 Å². The Morgan fingerprint density at radius 2 is 1.75 bits per heavy atom. The van der Waals surface area contributed by atoms with Crippen molar-refractivity contribution in [3.05, 3.63) is 105 Å². The van der Waals surface area contributed by atoms with Gasteiger partial charge in [0.1, 0.15) is 18.1 Å². The van der Waals surface area contributed by atoms with Crippen LogP contribution in [-0.2, 0) is 16.2 Å². The molecule has 0 radical (unpaired) electrons. The second kappa shape index (κ2) is 11.1. The van der Waals surface area contributed by atoms with E-state index in [0.29, 0.717) is 31.0 Å². The number of hydrogen-bond donors (Lipinski definition) is 1. The molecule has 0 aromatic heterocycles. The van der Waals surface area contributed by atoms with Crippen molar-refractivity contribution in [3.63, 3.8) is 0 Å². The number of nitrogens with zero attached hydrogens (tertiary/aromatic N) is 2. The number of aliphatic hydroxyl groups excluding tert-OH is 1. The fraction of sp³-hybridized carbons (Fsp3) is 0.241. The number of carbonyl (C=O) groups is 2. The normalized spacial score (nSPS) is 17.1. The molecule has 3 aromatic carbocycles. The van der Waals surface area contributed by atoms with Crippen LogP contribution in [0.3, 0.4) is 0 Å². The zero-order valence-electron chi connectivity index (χ0n) is 20.6. The summed E-state index contributed by atoms with van der Waals surface area (Å²) in [4.78, 5) is 29.6. The first-order valence-electron chi connectivity index (χ1n) is 11.7. The Bertz CT molecular complexity index is 1300. The molecule has 0 bridgehead atoms. The summed E-state index contributed by atoms with van der Waals surface area (Å²) in [7, 11) is 3.82. The molecule has 1 atom stereocenters. The Morgan fingerprint density at radius 1 is 1.03 bits per heavy atom. The van der Waals surface area contributed by atoms with Gasteiger partial charge in [-0.25, -0.2) is 0 Å². The topological polar surface area (TPSA) is 70.1 Å². The maximum atomic E-state index is 13.1. The van der Waals surface area contributed by atoms with E-state index in [2.05, 4.69) is 22.0 Å². The molecule has 6 nitrogen and oxygen atoms in total. The van der Waals surface area contributed by atoms with Gasteiger partial charge in [-0.15, -0.1) is 0 Å². The summed E-state index contributed by atoms with van der Waals surface area (Å²) >= 11 is 3.48. The average molecular weight is 549 g/mol. The number of likely N-dealkylation sites (N-methyl/N-ethyl adjacent to an activating group) is 1. The SMILES string of the molecule is Cc1cccc(COc2ccc(C(O)=C3C(=O)C(=O)N(CCN(C)C)C3c3cccc(Br)c3)cc2)c1. The van der Waals surface area contributed by atoms with Crippen LogP contribution in [0.5, 0.6) is 5.75 Å². The maximum Gasteiger partial charge on any atom is 0.295 e. The lowest BCUT2D eigenvalue weighted by molar-refractivity contribution is -0.140. The molecule has 36 heavy (non-hydrogen) atoms. The fourth-order valence-corrected chi connectivity index (χ4v) is 4.69. The van der Waals surface area contributed by atoms with Crippen molar-refractivity contribution in [1.82, 2.24) is 9.80 Å². The number of amides is 1. The first-order chi connectivity index (χ1) is 17.2. The number of carbonyl (C=O) groups excluding carboxylic acids is 2. The third-order valence-corrected chi connectivity index (χ3v) is 6.60. The highest BCUT2D eigenvalue weighted by molar-refractivity contribution is 9.10. The molecule has 1 aliphatic heterocycles. The van der Waals surface area contributed by atoms with Crippen LogP contribution in [0.2, 0.25) is 0 Å². The molecule has 1 unspecified atom stereocenters. The molecule has 1 saturated heterocycles. The van der Waals surface area contributed by atoms with E-state index < -0.39 is 17.7 Å². The highest BCUT2D eigenvalue weighted by Crippen LogP contribution is 2.40. The molecule has 4 rings (SSSR count). The van der Waals surface area contributed by atoms with E-state index in [-0.39, 0.29) is 11.3 Å². The average Bonchev–Trinajstić information content (AvgIpc) is 3.11. The van der Waals surface area contributed by atoms with E-state index in [4.69, 9.17) is 4.74 Å². The molecule has 1 amide bonds. The summed E-state index contributed by atoms with van der Waals surface area (Å²) in [6.45, 7) is 3.40. The van der Waals surface area contributed by atoms with Gasteiger partial charge < -0.3 is 19.6 Å². The highest BCUT2D eigenvalue weighted by Gasteiger charge is 2.45. The van der Waals surface area contributed by atoms with Crippen molar-refractivity contribution >= 4 is 33.4 Å². The highest BCUT2D eigenvalue weighted by atomic mass is 79.9. The van der Waals surface area contributed by atoms with E-state index in [1.807, 2.05) is 68.4 Å². The Kier molecular flexibility index (Phi) is 7.91. The van der Waals surface area contributed by atoms with E-state index in [1.54, 1.807) is 24.3 Å². The quantitative estimate of drug-likeness (QED) is 0.234. The van der Waals surface area contributed by atoms with E-state index >= 15 is 0 Å². The smallest absolute Gasteiger partial charge is 0.295 e. The summed E-state index contributed by atoms with van der Waals surface area (Å²) < 4.78 is 6.71. The number of aliphatic hydroxyl groups is 1. The number of ether oxygens (including phenoxy) is 1. The Hall–Kier alpha value is -3.42. The van der Waals surface area contributed by atoms with Gasteiger partial charge in [-0.1, -0.05) is 57.9 Å². The van der Waals surface area contributed by atoms with Crippen LogP contribution < -0.4 is 4.74 Å². The fourth-order valence-electron chi connectivity index (χ4n) is 4.27. The van der Waals surface area contributed by atoms with Crippen LogP contribution in [0, 0.1) is 6.92 Å². The minimum atomic E-state index is -0.684. The molecule has 3 aromatic rings. The largest absolute Gasteiger partial charge is 0.507 e. The standard InChI is InChI=1S/C29H29BrN2O4/c1-19-6-4-7-20(16-19)18-36-24-12-10-21(11-13-24)27(33)25-26(22-8-5-9-23(30)17-22)32(15-14-31(2)3)29(35)28(25)34/h4-13,16-17,26,33H,14-15,18H2,1-3H3. The van der Waals surface area contributed by atoms with Crippen LogP contribution in [0.25, 0.3) is 5.76 Å². The minimum absolute atomic E-state index is 0.0882. The Morgan fingerprint density at radius 3 is 2.42 bits per heavy atom. The summed E-state index contributed by atoms with van der Waals surface area (Å²) in [5, 5.41) is 11.3. The molecule has 1 fully saturated rings. The third kappa shape index (κ3) is 5.69. The number of Topliss-reactive ketones (excluding diaryl/α,β-unsaturated/α-hetero) is 1. The number of aryl methyl sites for hydroxylation is 1. The summed E-state index contributed by atoms with van der Waals surface area (Å²) in [6.07, 6.45) is 0. The van der Waals surface area contributed by atoms with Gasteiger partial charge in [-0.2, -0.15) is 0 Å². The first-order valence-corrected chi connectivity index (χ1v) is 12.5. The van der Waals surface area contributed by atoms with Crippen LogP contribution in [-0.4, -0.2) is 53.8 Å². The number of likely N-dealkylation sites (tertiary alicyclic amines) is 1. The summed E-state index contributed by atoms with van der Waals surface area (Å²) in [5.74, 6) is -0.851. The van der Waals surface area contributed by atoms with Crippen LogP contribution >= 0.6 is 15.9 Å².